The fraction of sp³-hybridized carbons (Fsp3) is 0.600. The summed E-state index contributed by atoms with van der Waals surface area (Å²) in [7, 11) is 0. The third-order valence-electron chi connectivity index (χ3n) is 1.76. The summed E-state index contributed by atoms with van der Waals surface area (Å²) in [5, 5.41) is 2.04. The Hall–Kier alpha value is -0.0900. The van der Waals surface area contributed by atoms with Crippen LogP contribution < -0.4 is 5.48 Å². The molecule has 1 atom stereocenters. The molecule has 1 N–H and O–H groups in total. The third kappa shape index (κ3) is 3.96. The molecule has 0 aromatic carbocycles. The van der Waals surface area contributed by atoms with Crippen molar-refractivity contribution in [2.75, 3.05) is 6.61 Å². The van der Waals surface area contributed by atoms with E-state index in [-0.39, 0.29) is 6.04 Å². The number of thiophene rings is 1. The van der Waals surface area contributed by atoms with Crippen molar-refractivity contribution in [3.05, 3.63) is 21.3 Å². The van der Waals surface area contributed by atoms with Crippen LogP contribution in [0.4, 0.5) is 0 Å². The van der Waals surface area contributed by atoms with Gasteiger partial charge >= 0.3 is 0 Å². The molecule has 2 nitrogen and oxygen atoms in total. The third-order valence-corrected chi connectivity index (χ3v) is 2.87. The van der Waals surface area contributed by atoms with Gasteiger partial charge in [0.1, 0.15) is 0 Å². The molecule has 80 valence electrons. The van der Waals surface area contributed by atoms with Crippen LogP contribution in [0.1, 0.15) is 32.4 Å². The van der Waals surface area contributed by atoms with Gasteiger partial charge in [0.05, 0.1) is 17.0 Å². The van der Waals surface area contributed by atoms with Gasteiger partial charge in [-0.2, -0.15) is 5.48 Å². The molecule has 4 heteroatoms. The molecule has 1 unspecified atom stereocenters. The Labute approximate surface area is 94.2 Å². The molecule has 0 bridgehead atoms. The van der Waals surface area contributed by atoms with Crippen LogP contribution in [0.5, 0.6) is 0 Å². The van der Waals surface area contributed by atoms with Crippen LogP contribution in [-0.2, 0) is 4.84 Å². The number of nitrogens with one attached hydrogen (secondary N) is 1. The van der Waals surface area contributed by atoms with Crippen molar-refractivity contribution < 1.29 is 4.84 Å². The zero-order chi connectivity index (χ0) is 10.6. The van der Waals surface area contributed by atoms with Gasteiger partial charge in [-0.1, -0.05) is 25.4 Å². The lowest BCUT2D eigenvalue weighted by atomic mass is 10.2. The molecule has 0 radical (unpaired) electrons. The summed E-state index contributed by atoms with van der Waals surface area (Å²) in [4.78, 5) is 5.33. The van der Waals surface area contributed by atoms with E-state index in [9.17, 15) is 0 Å². The Morgan fingerprint density at radius 2 is 2.21 bits per heavy atom. The lowest BCUT2D eigenvalue weighted by Gasteiger charge is -2.13. The predicted octanol–water partition coefficient (Wildman–Crippen LogP) is 3.64. The molecule has 0 aliphatic heterocycles. The molecule has 0 saturated heterocycles. The van der Waals surface area contributed by atoms with Gasteiger partial charge in [-0.25, -0.2) is 0 Å². The van der Waals surface area contributed by atoms with Gasteiger partial charge in [-0.15, -0.1) is 11.3 Å². The minimum absolute atomic E-state index is 0.192. The number of hydrogen-bond donors (Lipinski definition) is 1. The van der Waals surface area contributed by atoms with Crippen LogP contribution in [0.25, 0.3) is 0 Å². The van der Waals surface area contributed by atoms with Gasteiger partial charge in [0, 0.05) is 0 Å². The van der Waals surface area contributed by atoms with Crippen LogP contribution in [0.3, 0.4) is 0 Å². The zero-order valence-electron chi connectivity index (χ0n) is 8.71. The maximum absolute atomic E-state index is 5.84. The number of rotatable bonds is 5. The summed E-state index contributed by atoms with van der Waals surface area (Å²) in [6.07, 6.45) is 0. The second-order valence-electron chi connectivity index (χ2n) is 3.73. The zero-order valence-corrected chi connectivity index (χ0v) is 10.3. The Kier molecular flexibility index (Phi) is 4.89. The second-order valence-corrected chi connectivity index (χ2v) is 5.27. The van der Waals surface area contributed by atoms with E-state index in [1.54, 1.807) is 11.3 Å². The van der Waals surface area contributed by atoms with Crippen molar-refractivity contribution in [1.29, 1.82) is 0 Å². The molecule has 0 amide bonds. The van der Waals surface area contributed by atoms with Crippen molar-refractivity contribution in [2.24, 2.45) is 5.92 Å². The van der Waals surface area contributed by atoms with Crippen molar-refractivity contribution in [1.82, 2.24) is 5.48 Å². The summed E-state index contributed by atoms with van der Waals surface area (Å²) >= 11 is 7.38. The van der Waals surface area contributed by atoms with E-state index < -0.39 is 0 Å². The lowest BCUT2D eigenvalue weighted by Crippen LogP contribution is -2.21. The number of hydrogen-bond acceptors (Lipinski definition) is 3. The van der Waals surface area contributed by atoms with Crippen LogP contribution >= 0.6 is 22.9 Å². The quantitative estimate of drug-likeness (QED) is 0.785. The van der Waals surface area contributed by atoms with Gasteiger partial charge < -0.3 is 4.84 Å². The number of hydroxylamine groups is 1. The molecule has 0 aliphatic carbocycles. The first-order valence-corrected chi connectivity index (χ1v) is 5.96. The molecular weight excluding hydrogens is 218 g/mol. The highest BCUT2D eigenvalue weighted by Gasteiger charge is 2.07. The minimum Gasteiger partial charge on any atom is -0.301 e. The van der Waals surface area contributed by atoms with Gasteiger partial charge in [-0.05, 0) is 29.9 Å². The van der Waals surface area contributed by atoms with Crippen molar-refractivity contribution in [3.63, 3.8) is 0 Å². The minimum atomic E-state index is 0.192. The Morgan fingerprint density at radius 3 is 2.71 bits per heavy atom. The van der Waals surface area contributed by atoms with Crippen molar-refractivity contribution in [3.8, 4) is 0 Å². The topological polar surface area (TPSA) is 21.3 Å². The normalized spacial score (nSPS) is 13.5. The Morgan fingerprint density at radius 1 is 1.50 bits per heavy atom. The summed E-state index contributed by atoms with van der Waals surface area (Å²) in [6, 6.07) is 2.15. The van der Waals surface area contributed by atoms with E-state index in [2.05, 4.69) is 26.3 Å². The van der Waals surface area contributed by atoms with Gasteiger partial charge in [0.2, 0.25) is 0 Å². The lowest BCUT2D eigenvalue weighted by molar-refractivity contribution is 0.00417. The first kappa shape index (κ1) is 12.0. The van der Waals surface area contributed by atoms with Gasteiger partial charge in [-0.3, -0.25) is 0 Å². The standard InChI is InChI=1S/C10H16ClNOS/c1-7(2)5-13-12-8(3)9-4-10(11)14-6-9/h4,6-8,12H,5H2,1-3H3. The summed E-state index contributed by atoms with van der Waals surface area (Å²) < 4.78 is 0.817. The Bertz CT molecular complexity index is 275. The van der Waals surface area contributed by atoms with Crippen LogP contribution in [-0.4, -0.2) is 6.61 Å². The molecule has 1 rings (SSSR count). The first-order chi connectivity index (χ1) is 6.59. The monoisotopic (exact) mass is 233 g/mol. The molecule has 14 heavy (non-hydrogen) atoms. The Balaban J connectivity index is 2.32. The second kappa shape index (κ2) is 5.71. The molecule has 0 aliphatic rings. The van der Waals surface area contributed by atoms with Crippen LogP contribution in [0.15, 0.2) is 11.4 Å². The summed E-state index contributed by atoms with van der Waals surface area (Å²) in [6.45, 7) is 7.02. The molecule has 0 fully saturated rings. The smallest absolute Gasteiger partial charge is 0.0931 e. The molecule has 1 aromatic heterocycles. The molecule has 0 saturated carbocycles. The summed E-state index contributed by atoms with van der Waals surface area (Å²) in [5.41, 5.74) is 4.16. The maximum atomic E-state index is 5.84. The van der Waals surface area contributed by atoms with E-state index in [4.69, 9.17) is 16.4 Å². The average Bonchev–Trinajstić information content (AvgIpc) is 2.51. The van der Waals surface area contributed by atoms with E-state index in [0.717, 1.165) is 10.9 Å². The van der Waals surface area contributed by atoms with E-state index in [0.29, 0.717) is 5.92 Å². The van der Waals surface area contributed by atoms with Gasteiger partial charge in [0.15, 0.2) is 0 Å². The van der Waals surface area contributed by atoms with Crippen molar-refractivity contribution in [2.45, 2.75) is 26.8 Å². The average molecular weight is 234 g/mol. The fourth-order valence-electron chi connectivity index (χ4n) is 0.958. The largest absolute Gasteiger partial charge is 0.301 e. The highest BCUT2D eigenvalue weighted by Crippen LogP contribution is 2.24. The van der Waals surface area contributed by atoms with Crippen LogP contribution in [0, 0.1) is 5.92 Å². The van der Waals surface area contributed by atoms with Crippen LogP contribution in [0.2, 0.25) is 4.34 Å². The van der Waals surface area contributed by atoms with E-state index in [1.165, 1.54) is 5.56 Å². The molecule has 0 spiro atoms. The molecule has 1 aromatic rings. The van der Waals surface area contributed by atoms with Gasteiger partial charge in [0.25, 0.3) is 0 Å². The van der Waals surface area contributed by atoms with E-state index in [1.807, 2.05) is 11.4 Å². The first-order valence-electron chi connectivity index (χ1n) is 4.71. The van der Waals surface area contributed by atoms with Crippen molar-refractivity contribution >= 4 is 22.9 Å². The SMILES string of the molecule is CC(C)CONC(C)c1csc(Cl)c1. The number of halogens is 1. The predicted molar refractivity (Wildman–Crippen MR) is 61.7 cm³/mol. The highest BCUT2D eigenvalue weighted by atomic mass is 35.5. The highest BCUT2D eigenvalue weighted by molar-refractivity contribution is 7.14. The molecule has 1 heterocycles. The maximum Gasteiger partial charge on any atom is 0.0931 e. The fourth-order valence-corrected chi connectivity index (χ4v) is 1.94. The molecular formula is C10H16ClNOS. The van der Waals surface area contributed by atoms with E-state index >= 15 is 0 Å². The summed E-state index contributed by atoms with van der Waals surface area (Å²) in [5.74, 6) is 0.542.